The van der Waals surface area contributed by atoms with Gasteiger partial charge in [0.25, 0.3) is 0 Å². The molecule has 2 N–H and O–H groups in total. The standard InChI is InChI=1S/C18H26ClN3O3S.ClH/c19-15-3-5-16(6-4-15)26(24,25)18(7-1-2-8-18)17(23)21-11-14-22-12-9-20-10-13-22;/h3-6,20H,1-2,7-14H2,(H,21,23);1H. The Morgan fingerprint density at radius 2 is 1.74 bits per heavy atom. The predicted molar refractivity (Wildman–Crippen MR) is 109 cm³/mol. The summed E-state index contributed by atoms with van der Waals surface area (Å²) in [5.74, 6) is -0.361. The van der Waals surface area contributed by atoms with E-state index in [1.807, 2.05) is 0 Å². The Hall–Kier alpha value is -0.860. The van der Waals surface area contributed by atoms with Crippen LogP contribution in [0.25, 0.3) is 0 Å². The lowest BCUT2D eigenvalue weighted by atomic mass is 10.1. The number of carbonyl (C=O) groups excluding carboxylic acids is 1. The number of halogens is 2. The fourth-order valence-electron chi connectivity index (χ4n) is 3.83. The van der Waals surface area contributed by atoms with Crippen molar-refractivity contribution >= 4 is 39.8 Å². The summed E-state index contributed by atoms with van der Waals surface area (Å²) in [5, 5.41) is 6.66. The molecule has 1 aromatic carbocycles. The molecular formula is C18H27Cl2N3O3S. The number of amides is 1. The van der Waals surface area contributed by atoms with Crippen LogP contribution >= 0.6 is 24.0 Å². The van der Waals surface area contributed by atoms with Crippen LogP contribution in [0.3, 0.4) is 0 Å². The summed E-state index contributed by atoms with van der Waals surface area (Å²) < 4.78 is 25.1. The van der Waals surface area contributed by atoms with E-state index < -0.39 is 14.6 Å². The van der Waals surface area contributed by atoms with E-state index in [1.54, 1.807) is 12.1 Å². The summed E-state index contributed by atoms with van der Waals surface area (Å²) >= 11 is 5.88. The van der Waals surface area contributed by atoms with Crippen molar-refractivity contribution in [2.24, 2.45) is 0 Å². The maximum Gasteiger partial charge on any atom is 0.241 e. The monoisotopic (exact) mass is 435 g/mol. The third-order valence-electron chi connectivity index (χ3n) is 5.39. The molecule has 152 valence electrons. The Morgan fingerprint density at radius 3 is 2.33 bits per heavy atom. The van der Waals surface area contributed by atoms with Crippen LogP contribution in [0.2, 0.25) is 5.02 Å². The summed E-state index contributed by atoms with van der Waals surface area (Å²) in [6, 6.07) is 6.09. The first kappa shape index (κ1) is 22.4. The lowest BCUT2D eigenvalue weighted by Crippen LogP contribution is -2.52. The molecule has 0 spiro atoms. The lowest BCUT2D eigenvalue weighted by Gasteiger charge is -2.30. The molecule has 1 amide bonds. The molecule has 0 atom stereocenters. The molecule has 2 aliphatic rings. The van der Waals surface area contributed by atoms with Gasteiger partial charge in [0.05, 0.1) is 4.90 Å². The summed E-state index contributed by atoms with van der Waals surface area (Å²) in [7, 11) is -3.77. The molecule has 3 rings (SSSR count). The maximum absolute atomic E-state index is 13.3. The van der Waals surface area contributed by atoms with Crippen molar-refractivity contribution in [1.29, 1.82) is 0 Å². The fourth-order valence-corrected chi connectivity index (χ4v) is 6.04. The van der Waals surface area contributed by atoms with Gasteiger partial charge in [-0.1, -0.05) is 24.4 Å². The summed E-state index contributed by atoms with van der Waals surface area (Å²) in [5.41, 5.74) is 0. The molecule has 1 aliphatic heterocycles. The normalized spacial score (nSPS) is 20.0. The van der Waals surface area contributed by atoms with E-state index in [4.69, 9.17) is 11.6 Å². The van der Waals surface area contributed by atoms with E-state index in [0.717, 1.165) is 45.6 Å². The van der Waals surface area contributed by atoms with Crippen molar-refractivity contribution in [3.63, 3.8) is 0 Å². The fraction of sp³-hybridized carbons (Fsp3) is 0.611. The second-order valence-corrected chi connectivity index (χ2v) is 9.70. The summed E-state index contributed by atoms with van der Waals surface area (Å²) in [4.78, 5) is 15.4. The number of rotatable bonds is 6. The molecule has 6 nitrogen and oxygen atoms in total. The molecule has 1 aliphatic carbocycles. The zero-order valence-corrected chi connectivity index (χ0v) is 17.6. The SMILES string of the molecule is Cl.O=C(NCCN1CCNCC1)C1(S(=O)(=O)c2ccc(Cl)cc2)CCCC1. The van der Waals surface area contributed by atoms with E-state index in [-0.39, 0.29) is 23.2 Å². The second kappa shape index (κ2) is 9.56. The largest absolute Gasteiger partial charge is 0.353 e. The van der Waals surface area contributed by atoms with Gasteiger partial charge in [-0.25, -0.2) is 8.42 Å². The van der Waals surface area contributed by atoms with E-state index in [1.165, 1.54) is 12.1 Å². The van der Waals surface area contributed by atoms with E-state index in [2.05, 4.69) is 15.5 Å². The topological polar surface area (TPSA) is 78.5 Å². The highest BCUT2D eigenvalue weighted by atomic mass is 35.5. The molecule has 9 heteroatoms. The quantitative estimate of drug-likeness (QED) is 0.712. The minimum Gasteiger partial charge on any atom is -0.353 e. The Kier molecular flexibility index (Phi) is 7.94. The summed E-state index contributed by atoms with van der Waals surface area (Å²) in [6.45, 7) is 5.00. The predicted octanol–water partition coefficient (Wildman–Crippen LogP) is 1.87. The van der Waals surface area contributed by atoms with Gasteiger partial charge in [0.15, 0.2) is 14.6 Å². The van der Waals surface area contributed by atoms with Crippen LogP contribution in [0.5, 0.6) is 0 Å². The smallest absolute Gasteiger partial charge is 0.241 e. The van der Waals surface area contributed by atoms with Crippen molar-refractivity contribution < 1.29 is 13.2 Å². The van der Waals surface area contributed by atoms with E-state index in [0.29, 0.717) is 24.4 Å². The van der Waals surface area contributed by atoms with Gasteiger partial charge < -0.3 is 10.6 Å². The van der Waals surface area contributed by atoms with Gasteiger partial charge in [0.1, 0.15) is 0 Å². The van der Waals surface area contributed by atoms with Gasteiger partial charge in [-0.3, -0.25) is 9.69 Å². The Balaban J connectivity index is 0.00000261. The number of hydrogen-bond donors (Lipinski definition) is 2. The van der Waals surface area contributed by atoms with Crippen LogP contribution in [0.4, 0.5) is 0 Å². The Labute approximate surface area is 172 Å². The number of carbonyl (C=O) groups is 1. The highest BCUT2D eigenvalue weighted by Gasteiger charge is 2.52. The van der Waals surface area contributed by atoms with Gasteiger partial charge in [0.2, 0.25) is 5.91 Å². The van der Waals surface area contributed by atoms with Crippen LogP contribution in [0.15, 0.2) is 29.2 Å². The van der Waals surface area contributed by atoms with Crippen molar-refractivity contribution in [3.8, 4) is 0 Å². The molecule has 0 bridgehead atoms. The van der Waals surface area contributed by atoms with Gasteiger partial charge >= 0.3 is 0 Å². The lowest BCUT2D eigenvalue weighted by molar-refractivity contribution is -0.123. The maximum atomic E-state index is 13.3. The molecule has 1 aromatic rings. The van der Waals surface area contributed by atoms with Crippen LogP contribution in [0, 0.1) is 0 Å². The van der Waals surface area contributed by atoms with Gasteiger partial charge in [-0.05, 0) is 37.1 Å². The molecule has 0 unspecified atom stereocenters. The minimum absolute atomic E-state index is 0. The van der Waals surface area contributed by atoms with Crippen LogP contribution in [-0.4, -0.2) is 63.2 Å². The van der Waals surface area contributed by atoms with E-state index >= 15 is 0 Å². The highest BCUT2D eigenvalue weighted by Crippen LogP contribution is 2.41. The highest BCUT2D eigenvalue weighted by molar-refractivity contribution is 7.93. The van der Waals surface area contributed by atoms with Gasteiger partial charge in [0, 0.05) is 44.3 Å². The Morgan fingerprint density at radius 1 is 1.15 bits per heavy atom. The number of hydrogen-bond acceptors (Lipinski definition) is 5. The van der Waals surface area contributed by atoms with Gasteiger partial charge in [-0.15, -0.1) is 12.4 Å². The molecule has 1 saturated heterocycles. The molecule has 27 heavy (non-hydrogen) atoms. The first-order valence-electron chi connectivity index (χ1n) is 9.17. The first-order chi connectivity index (χ1) is 12.5. The average molecular weight is 436 g/mol. The molecule has 1 heterocycles. The van der Waals surface area contributed by atoms with Crippen molar-refractivity contribution in [1.82, 2.24) is 15.5 Å². The molecule has 0 radical (unpaired) electrons. The van der Waals surface area contributed by atoms with Crippen molar-refractivity contribution in [2.75, 3.05) is 39.3 Å². The zero-order valence-electron chi connectivity index (χ0n) is 15.2. The van der Waals surface area contributed by atoms with Gasteiger partial charge in [-0.2, -0.15) is 0 Å². The third-order valence-corrected chi connectivity index (χ3v) is 8.15. The molecule has 0 aromatic heterocycles. The third kappa shape index (κ3) is 4.77. The summed E-state index contributed by atoms with van der Waals surface area (Å²) in [6.07, 6.45) is 2.24. The zero-order chi connectivity index (χ0) is 18.6. The Bertz CT molecular complexity index is 729. The molecule has 2 fully saturated rings. The van der Waals surface area contributed by atoms with E-state index in [9.17, 15) is 13.2 Å². The number of nitrogens with zero attached hydrogens (tertiary/aromatic N) is 1. The average Bonchev–Trinajstić information content (AvgIpc) is 3.15. The number of benzene rings is 1. The van der Waals surface area contributed by atoms with Crippen molar-refractivity contribution in [3.05, 3.63) is 29.3 Å². The number of piperazine rings is 1. The minimum atomic E-state index is -3.77. The van der Waals surface area contributed by atoms with Crippen LogP contribution in [-0.2, 0) is 14.6 Å². The van der Waals surface area contributed by atoms with Crippen LogP contribution < -0.4 is 10.6 Å². The van der Waals surface area contributed by atoms with Crippen molar-refractivity contribution in [2.45, 2.75) is 35.3 Å². The first-order valence-corrected chi connectivity index (χ1v) is 11.0. The number of nitrogens with one attached hydrogen (secondary N) is 2. The second-order valence-electron chi connectivity index (χ2n) is 7.01. The number of sulfone groups is 1. The molecular weight excluding hydrogens is 409 g/mol. The van der Waals surface area contributed by atoms with Crippen LogP contribution in [0.1, 0.15) is 25.7 Å². The molecule has 1 saturated carbocycles.